The highest BCUT2D eigenvalue weighted by molar-refractivity contribution is 6.33. The number of methoxy groups -OCH3 is 1. The minimum atomic E-state index is -2.87. The summed E-state index contributed by atoms with van der Waals surface area (Å²) in [5.74, 6) is -1.88. The number of fused-ring (bicyclic) bond motifs is 2. The number of anilines is 1. The molecule has 8 rings (SSSR count). The molecule has 362 valence electrons. The minimum Gasteiger partial charge on any atom is -0.481 e. The number of nitrogens with zero attached hydrogens (tertiary/aromatic N) is 8. The number of alkyl halides is 2. The van der Waals surface area contributed by atoms with Crippen LogP contribution in [-0.2, 0) is 10.7 Å². The molecule has 5 aromatic rings. The van der Waals surface area contributed by atoms with Gasteiger partial charge in [0.2, 0.25) is 5.88 Å². The molecule has 0 saturated carbocycles. The average Bonchev–Trinajstić information content (AvgIpc) is 3.31. The molecular formula is C50H67ClF2N10O4. The molecule has 67 heavy (non-hydrogen) atoms. The SMILES string of the molecule is CC(C)(C)OC(=O)N1CCC(c2cc3c(Cl)ncnc3[nH]c2=O)CC1.COc1nc2ncnc(N[C@H](C)c3cccc(C(F)(F)C4CCN(C(C)C)CC4)c3)c2cc1C1CCN(C(C)C)CC1. The number of carbonyl (C=O) groups is 1. The van der Waals surface area contributed by atoms with E-state index in [0.29, 0.717) is 109 Å². The molecule has 2 N–H and O–H groups in total. The van der Waals surface area contributed by atoms with Gasteiger partial charge in [-0.2, -0.15) is 4.98 Å². The molecule has 0 unspecified atom stereocenters. The van der Waals surface area contributed by atoms with Crippen LogP contribution >= 0.6 is 11.6 Å². The lowest BCUT2D eigenvalue weighted by Gasteiger charge is -2.38. The third kappa shape index (κ3) is 11.8. The number of aromatic nitrogens is 6. The number of aromatic amines is 1. The van der Waals surface area contributed by atoms with Crippen molar-refractivity contribution in [3.63, 3.8) is 0 Å². The van der Waals surface area contributed by atoms with Crippen LogP contribution in [0.25, 0.3) is 22.1 Å². The molecule has 3 saturated heterocycles. The summed E-state index contributed by atoms with van der Waals surface area (Å²) >= 11 is 6.10. The van der Waals surface area contributed by atoms with E-state index in [2.05, 4.69) is 73.8 Å². The van der Waals surface area contributed by atoms with Gasteiger partial charge in [-0.1, -0.05) is 29.8 Å². The number of amides is 1. The summed E-state index contributed by atoms with van der Waals surface area (Å²) in [5.41, 5.74) is 2.91. The lowest BCUT2D eigenvalue weighted by atomic mass is 9.85. The van der Waals surface area contributed by atoms with Gasteiger partial charge < -0.3 is 34.5 Å². The Kier molecular flexibility index (Phi) is 15.7. The van der Waals surface area contributed by atoms with Crippen molar-refractivity contribution in [3.05, 3.63) is 86.8 Å². The van der Waals surface area contributed by atoms with Gasteiger partial charge in [-0.25, -0.2) is 33.5 Å². The summed E-state index contributed by atoms with van der Waals surface area (Å²) in [6.45, 7) is 20.9. The molecular weight excluding hydrogens is 878 g/mol. The number of hydrogen-bond donors (Lipinski definition) is 2. The fourth-order valence-corrected chi connectivity index (χ4v) is 9.79. The van der Waals surface area contributed by atoms with Crippen LogP contribution in [0.15, 0.2) is 53.8 Å². The van der Waals surface area contributed by atoms with Crippen LogP contribution in [0.2, 0.25) is 5.15 Å². The molecule has 4 aromatic heterocycles. The second-order valence-electron chi connectivity index (χ2n) is 19.8. The summed E-state index contributed by atoms with van der Waals surface area (Å²) in [7, 11) is 1.65. The Balaban J connectivity index is 0.000000227. The fourth-order valence-electron chi connectivity index (χ4n) is 9.61. The molecule has 1 amide bonds. The summed E-state index contributed by atoms with van der Waals surface area (Å²) in [5, 5.41) is 5.23. The standard InChI is InChI=1S/C33H46F2N6O.C17H21ClN4O3/c1-21(2)40-14-10-24(11-15-40)28-19-29-30(36-20-37-31(29)39-32(28)42-6)38-23(5)25-8-7-9-27(18-25)33(34,35)26-12-16-41(17-13-26)22(3)4;1-17(2,3)25-16(24)22-6-4-10(5-7-22)11-8-12-13(18)19-9-20-14(12)21-15(11)23/h7-9,18-24,26H,10-17H2,1-6H3,(H,36,37,38,39);8-10H,4-7H2,1-3H3,(H,19,20,21,23)/t23-;/m1./s1. The first kappa shape index (κ1) is 49.8. The summed E-state index contributed by atoms with van der Waals surface area (Å²) in [4.78, 5) is 55.5. The molecule has 1 atom stereocenters. The van der Waals surface area contributed by atoms with Crippen molar-refractivity contribution in [3.8, 4) is 5.88 Å². The highest BCUT2D eigenvalue weighted by atomic mass is 35.5. The Labute approximate surface area is 397 Å². The normalized spacial score (nSPS) is 18.0. The molecule has 0 spiro atoms. The first-order valence-electron chi connectivity index (χ1n) is 23.8. The van der Waals surface area contributed by atoms with Gasteiger partial charge in [0.1, 0.15) is 34.9 Å². The molecule has 0 bridgehead atoms. The van der Waals surface area contributed by atoms with E-state index < -0.39 is 17.4 Å². The number of carbonyl (C=O) groups excluding carboxylic acids is 1. The zero-order valence-electron chi connectivity index (χ0n) is 40.4. The maximum absolute atomic E-state index is 15.7. The second-order valence-corrected chi connectivity index (χ2v) is 20.2. The van der Waals surface area contributed by atoms with Gasteiger partial charge in [0.05, 0.1) is 17.9 Å². The Morgan fingerprint density at radius 1 is 0.806 bits per heavy atom. The van der Waals surface area contributed by atoms with Crippen LogP contribution in [0.1, 0.15) is 134 Å². The highest BCUT2D eigenvalue weighted by Crippen LogP contribution is 2.43. The number of piperidine rings is 3. The van der Waals surface area contributed by atoms with Gasteiger partial charge in [0.15, 0.2) is 5.65 Å². The predicted octanol–water partition coefficient (Wildman–Crippen LogP) is 10.1. The van der Waals surface area contributed by atoms with Crippen molar-refractivity contribution < 1.29 is 23.0 Å². The third-order valence-electron chi connectivity index (χ3n) is 13.6. The smallest absolute Gasteiger partial charge is 0.410 e. The Morgan fingerprint density at radius 3 is 2.03 bits per heavy atom. The predicted molar refractivity (Wildman–Crippen MR) is 259 cm³/mol. The largest absolute Gasteiger partial charge is 0.481 e. The number of pyridine rings is 2. The maximum Gasteiger partial charge on any atom is 0.410 e. The summed E-state index contributed by atoms with van der Waals surface area (Å²) in [6, 6.07) is 11.4. The van der Waals surface area contributed by atoms with Gasteiger partial charge in [-0.05, 0) is 156 Å². The molecule has 1 aromatic carbocycles. The zero-order chi connectivity index (χ0) is 48.2. The number of H-pyrrole nitrogens is 1. The Hall–Kier alpha value is -5.06. The van der Waals surface area contributed by atoms with E-state index in [1.807, 2.05) is 33.8 Å². The van der Waals surface area contributed by atoms with Gasteiger partial charge in [0.25, 0.3) is 11.5 Å². The molecule has 7 heterocycles. The zero-order valence-corrected chi connectivity index (χ0v) is 41.2. The lowest BCUT2D eigenvalue weighted by Crippen LogP contribution is -2.42. The number of likely N-dealkylation sites (tertiary alicyclic amines) is 3. The first-order chi connectivity index (χ1) is 31.8. The molecule has 0 aliphatic carbocycles. The number of benzene rings is 1. The van der Waals surface area contributed by atoms with Gasteiger partial charge in [-0.15, -0.1) is 0 Å². The molecule has 14 nitrogen and oxygen atoms in total. The van der Waals surface area contributed by atoms with Crippen LogP contribution in [-0.4, -0.2) is 115 Å². The van der Waals surface area contributed by atoms with E-state index in [1.165, 1.54) is 12.7 Å². The van der Waals surface area contributed by atoms with Gasteiger partial charge >= 0.3 is 6.09 Å². The van der Waals surface area contributed by atoms with Crippen molar-refractivity contribution in [1.29, 1.82) is 0 Å². The topological polar surface area (TPSA) is 155 Å². The van der Waals surface area contributed by atoms with E-state index in [0.717, 1.165) is 42.4 Å². The number of rotatable bonds is 10. The molecule has 17 heteroatoms. The number of ether oxygens (including phenoxy) is 2. The van der Waals surface area contributed by atoms with Crippen LogP contribution in [0.5, 0.6) is 5.88 Å². The van der Waals surface area contributed by atoms with Crippen molar-refractivity contribution in [2.75, 3.05) is 51.7 Å². The van der Waals surface area contributed by atoms with Crippen molar-refractivity contribution >= 4 is 45.6 Å². The van der Waals surface area contributed by atoms with E-state index >= 15 is 8.78 Å². The average molecular weight is 946 g/mol. The minimum absolute atomic E-state index is 0.0584. The highest BCUT2D eigenvalue weighted by Gasteiger charge is 2.43. The molecule has 0 radical (unpaired) electrons. The first-order valence-corrected chi connectivity index (χ1v) is 24.1. The van der Waals surface area contributed by atoms with Gasteiger partial charge in [0, 0.05) is 53.8 Å². The van der Waals surface area contributed by atoms with E-state index in [-0.39, 0.29) is 29.2 Å². The van der Waals surface area contributed by atoms with Crippen molar-refractivity contribution in [2.24, 2.45) is 5.92 Å². The second kappa shape index (κ2) is 21.1. The van der Waals surface area contributed by atoms with Crippen molar-refractivity contribution in [2.45, 2.75) is 135 Å². The lowest BCUT2D eigenvalue weighted by molar-refractivity contribution is -0.0876. The monoisotopic (exact) mass is 945 g/mol. The van der Waals surface area contributed by atoms with Crippen LogP contribution in [0, 0.1) is 5.92 Å². The van der Waals surface area contributed by atoms with Crippen LogP contribution in [0.3, 0.4) is 0 Å². The van der Waals surface area contributed by atoms with Crippen molar-refractivity contribution in [1.82, 2.24) is 44.6 Å². The van der Waals surface area contributed by atoms with Crippen LogP contribution in [0.4, 0.5) is 19.4 Å². The molecule has 3 aliphatic heterocycles. The van der Waals surface area contributed by atoms with E-state index in [4.69, 9.17) is 26.1 Å². The summed E-state index contributed by atoms with van der Waals surface area (Å²) < 4.78 is 42.6. The fraction of sp³-hybridized carbons (Fsp3) is 0.580. The summed E-state index contributed by atoms with van der Waals surface area (Å²) in [6.07, 6.45) is 6.96. The van der Waals surface area contributed by atoms with Gasteiger partial charge in [-0.3, -0.25) is 4.79 Å². The van der Waals surface area contributed by atoms with E-state index in [1.54, 1.807) is 36.3 Å². The quantitative estimate of drug-likeness (QED) is 0.128. The Morgan fingerprint density at radius 2 is 1.40 bits per heavy atom. The third-order valence-corrected chi connectivity index (χ3v) is 13.9. The molecule has 3 fully saturated rings. The number of nitrogens with one attached hydrogen (secondary N) is 2. The van der Waals surface area contributed by atoms with E-state index in [9.17, 15) is 9.59 Å². The number of hydrogen-bond acceptors (Lipinski definition) is 12. The van der Waals surface area contributed by atoms with Crippen LogP contribution < -0.4 is 15.6 Å². The maximum atomic E-state index is 15.7. The Bertz CT molecular complexity index is 2550. The molecule has 3 aliphatic rings. The number of halogens is 3.